The van der Waals surface area contributed by atoms with Gasteiger partial charge in [0.1, 0.15) is 17.3 Å². The molecule has 3 N–H and O–H groups in total. The summed E-state index contributed by atoms with van der Waals surface area (Å²) in [5, 5.41) is 39.2. The molecule has 0 unspecified atom stereocenters. The SMILES string of the molecule is Cc1ccc(-n2c(O)c(N=Nc3cccc(-c4cc(OC(=O)O)ccc4F)c3O)c3ccc(C(F)(F)F)cc32)cc1C. The molecule has 5 rings (SSSR count). The Balaban J connectivity index is 1.64. The van der Waals surface area contributed by atoms with Crippen LogP contribution in [0.15, 0.2) is 83.0 Å². The lowest BCUT2D eigenvalue weighted by Crippen LogP contribution is -2.05. The van der Waals surface area contributed by atoms with E-state index >= 15 is 0 Å². The topological polar surface area (TPSA) is 117 Å². The molecule has 0 aliphatic rings. The summed E-state index contributed by atoms with van der Waals surface area (Å²) in [5.41, 5.74) is 0.712. The van der Waals surface area contributed by atoms with Crippen molar-refractivity contribution in [2.45, 2.75) is 20.0 Å². The van der Waals surface area contributed by atoms with Gasteiger partial charge < -0.3 is 20.1 Å². The van der Waals surface area contributed by atoms with Crippen LogP contribution in [0.1, 0.15) is 16.7 Å². The number of para-hydroxylation sites is 1. The number of phenolic OH excluding ortho intramolecular Hbond substituents is 1. The Morgan fingerprint density at radius 2 is 1.64 bits per heavy atom. The summed E-state index contributed by atoms with van der Waals surface area (Å²) in [6.07, 6.45) is -6.25. The number of hydrogen-bond donors (Lipinski definition) is 3. The minimum atomic E-state index is -4.64. The van der Waals surface area contributed by atoms with Gasteiger partial charge in [0, 0.05) is 22.2 Å². The molecular formula is C30H21F4N3O5. The van der Waals surface area contributed by atoms with Gasteiger partial charge in [-0.25, -0.2) is 9.18 Å². The monoisotopic (exact) mass is 579 g/mol. The average Bonchev–Trinajstić information content (AvgIpc) is 3.20. The van der Waals surface area contributed by atoms with E-state index in [1.54, 1.807) is 18.2 Å². The molecular weight excluding hydrogens is 558 g/mol. The Morgan fingerprint density at radius 1 is 0.881 bits per heavy atom. The van der Waals surface area contributed by atoms with Crippen LogP contribution in [-0.4, -0.2) is 26.0 Å². The minimum Gasteiger partial charge on any atom is -0.505 e. The zero-order valence-corrected chi connectivity index (χ0v) is 21.9. The van der Waals surface area contributed by atoms with E-state index < -0.39 is 35.3 Å². The number of aromatic nitrogens is 1. The predicted molar refractivity (Wildman–Crippen MR) is 146 cm³/mol. The van der Waals surface area contributed by atoms with Crippen molar-refractivity contribution in [2.75, 3.05) is 0 Å². The molecule has 4 aromatic carbocycles. The molecule has 0 fully saturated rings. The molecule has 0 amide bonds. The molecule has 0 saturated carbocycles. The number of azo groups is 1. The van der Waals surface area contributed by atoms with Gasteiger partial charge in [-0.2, -0.15) is 13.2 Å². The summed E-state index contributed by atoms with van der Waals surface area (Å²) in [6, 6.07) is 15.3. The second kappa shape index (κ2) is 10.5. The van der Waals surface area contributed by atoms with Gasteiger partial charge in [0.2, 0.25) is 5.88 Å². The lowest BCUT2D eigenvalue weighted by molar-refractivity contribution is -0.137. The molecule has 0 bridgehead atoms. The molecule has 8 nitrogen and oxygen atoms in total. The van der Waals surface area contributed by atoms with Gasteiger partial charge in [0.05, 0.1) is 11.1 Å². The number of aryl methyl sites for hydroxylation is 2. The maximum Gasteiger partial charge on any atom is 0.511 e. The summed E-state index contributed by atoms with van der Waals surface area (Å²) in [6.45, 7) is 3.70. The van der Waals surface area contributed by atoms with Gasteiger partial charge in [0.15, 0.2) is 11.4 Å². The van der Waals surface area contributed by atoms with Gasteiger partial charge in [-0.15, -0.1) is 10.2 Å². The molecule has 12 heteroatoms. The van der Waals surface area contributed by atoms with Crippen molar-refractivity contribution in [3.63, 3.8) is 0 Å². The summed E-state index contributed by atoms with van der Waals surface area (Å²) < 4.78 is 61.2. The van der Waals surface area contributed by atoms with Crippen molar-refractivity contribution >= 4 is 28.4 Å². The average molecular weight is 580 g/mol. The van der Waals surface area contributed by atoms with Crippen LogP contribution in [0.4, 0.5) is 33.7 Å². The number of ether oxygens (including phenoxy) is 1. The van der Waals surface area contributed by atoms with Crippen LogP contribution in [0.2, 0.25) is 0 Å². The van der Waals surface area contributed by atoms with Crippen molar-refractivity contribution in [3.8, 4) is 34.2 Å². The van der Waals surface area contributed by atoms with Crippen LogP contribution in [0.25, 0.3) is 27.7 Å². The highest BCUT2D eigenvalue weighted by Gasteiger charge is 2.32. The molecule has 1 heterocycles. The van der Waals surface area contributed by atoms with Crippen molar-refractivity contribution in [3.05, 3.63) is 95.3 Å². The highest BCUT2D eigenvalue weighted by Crippen LogP contribution is 2.45. The van der Waals surface area contributed by atoms with Crippen molar-refractivity contribution < 1.29 is 42.4 Å². The Kier molecular flexibility index (Phi) is 7.07. The summed E-state index contributed by atoms with van der Waals surface area (Å²) in [5.74, 6) is -1.99. The fourth-order valence-corrected chi connectivity index (χ4v) is 4.47. The third-order valence-corrected chi connectivity index (χ3v) is 6.70. The number of phenols is 1. The van der Waals surface area contributed by atoms with Crippen molar-refractivity contribution in [1.29, 1.82) is 0 Å². The van der Waals surface area contributed by atoms with E-state index in [0.717, 1.165) is 41.5 Å². The predicted octanol–water partition coefficient (Wildman–Crippen LogP) is 8.96. The maximum absolute atomic E-state index is 14.6. The largest absolute Gasteiger partial charge is 0.511 e. The zero-order chi connectivity index (χ0) is 30.3. The first-order valence-electron chi connectivity index (χ1n) is 12.3. The number of carboxylic acid groups (broad SMARTS) is 1. The number of hydrogen-bond acceptors (Lipinski definition) is 6. The highest BCUT2D eigenvalue weighted by atomic mass is 19.4. The molecule has 1 aromatic heterocycles. The first-order chi connectivity index (χ1) is 19.8. The summed E-state index contributed by atoms with van der Waals surface area (Å²) >= 11 is 0. The molecule has 0 aliphatic carbocycles. The number of aromatic hydroxyl groups is 2. The van der Waals surface area contributed by atoms with E-state index in [1.807, 2.05) is 13.8 Å². The zero-order valence-electron chi connectivity index (χ0n) is 21.9. The van der Waals surface area contributed by atoms with E-state index in [9.17, 15) is 32.6 Å². The van der Waals surface area contributed by atoms with Crippen LogP contribution in [0.3, 0.4) is 0 Å². The third-order valence-electron chi connectivity index (χ3n) is 6.70. The van der Waals surface area contributed by atoms with Crippen LogP contribution >= 0.6 is 0 Å². The van der Waals surface area contributed by atoms with Crippen molar-refractivity contribution in [2.24, 2.45) is 10.2 Å². The summed E-state index contributed by atoms with van der Waals surface area (Å²) in [4.78, 5) is 10.9. The lowest BCUT2D eigenvalue weighted by Gasteiger charge is -2.11. The Bertz CT molecular complexity index is 1900. The van der Waals surface area contributed by atoms with E-state index in [1.165, 1.54) is 28.8 Å². The fraction of sp³-hybridized carbons (Fsp3) is 0.100. The minimum absolute atomic E-state index is 0.0230. The van der Waals surface area contributed by atoms with Crippen molar-refractivity contribution in [1.82, 2.24) is 4.57 Å². The number of carbonyl (C=O) groups is 1. The van der Waals surface area contributed by atoms with Gasteiger partial charge in [0.25, 0.3) is 0 Å². The number of halogens is 4. The maximum atomic E-state index is 14.6. The molecule has 0 saturated heterocycles. The molecule has 0 radical (unpaired) electrons. The Morgan fingerprint density at radius 3 is 2.33 bits per heavy atom. The fourth-order valence-electron chi connectivity index (χ4n) is 4.47. The van der Waals surface area contributed by atoms with E-state index in [-0.39, 0.29) is 39.2 Å². The van der Waals surface area contributed by atoms with E-state index in [4.69, 9.17) is 5.11 Å². The molecule has 214 valence electrons. The molecule has 0 atom stereocenters. The van der Waals surface area contributed by atoms with Crippen LogP contribution in [0, 0.1) is 19.7 Å². The number of benzene rings is 4. The summed E-state index contributed by atoms with van der Waals surface area (Å²) in [7, 11) is 0. The molecule has 5 aromatic rings. The second-order valence-electron chi connectivity index (χ2n) is 9.39. The first-order valence-corrected chi connectivity index (χ1v) is 12.3. The Hall–Kier alpha value is -5.39. The van der Waals surface area contributed by atoms with Crippen LogP contribution in [0.5, 0.6) is 17.4 Å². The van der Waals surface area contributed by atoms with Gasteiger partial charge in [-0.05, 0) is 79.6 Å². The van der Waals surface area contributed by atoms with Gasteiger partial charge in [-0.3, -0.25) is 4.57 Å². The second-order valence-corrected chi connectivity index (χ2v) is 9.39. The third kappa shape index (κ3) is 5.21. The number of nitrogens with zero attached hydrogens (tertiary/aromatic N) is 3. The normalized spacial score (nSPS) is 11.9. The van der Waals surface area contributed by atoms with Gasteiger partial charge in [-0.1, -0.05) is 18.2 Å². The Labute approximate surface area is 235 Å². The lowest BCUT2D eigenvalue weighted by atomic mass is 10.0. The van der Waals surface area contributed by atoms with Crippen LogP contribution in [-0.2, 0) is 6.18 Å². The van der Waals surface area contributed by atoms with E-state index in [2.05, 4.69) is 15.0 Å². The first kappa shape index (κ1) is 28.1. The smallest absolute Gasteiger partial charge is 0.505 e. The molecule has 0 aliphatic heterocycles. The number of alkyl halides is 3. The van der Waals surface area contributed by atoms with E-state index in [0.29, 0.717) is 5.69 Å². The number of rotatable bonds is 5. The standard InChI is InChI=1S/C30H21F4N3O5/c1-15-6-8-18(12-16(15)2)37-25-13-17(30(32,33)34)7-10-21(25)26(28(37)39)36-35-24-5-3-4-20(27(24)38)22-14-19(42-29(40)41)9-11-23(22)31/h3-14,38-39H,1-2H3,(H,40,41). The van der Waals surface area contributed by atoms with Gasteiger partial charge >= 0.3 is 12.3 Å². The quantitative estimate of drug-likeness (QED) is 0.0832. The molecule has 42 heavy (non-hydrogen) atoms. The highest BCUT2D eigenvalue weighted by molar-refractivity contribution is 5.97. The molecule has 0 spiro atoms. The van der Waals surface area contributed by atoms with Crippen LogP contribution < -0.4 is 4.74 Å². The number of fused-ring (bicyclic) bond motifs is 1.